The molecule has 0 N–H and O–H groups in total. The van der Waals surface area contributed by atoms with Crippen molar-refractivity contribution in [3.8, 4) is 5.75 Å². The van der Waals surface area contributed by atoms with E-state index >= 15 is 0 Å². The molecule has 0 bridgehead atoms. The van der Waals surface area contributed by atoms with E-state index in [1.807, 2.05) is 12.1 Å². The van der Waals surface area contributed by atoms with Crippen molar-refractivity contribution < 1.29 is 9.53 Å². The van der Waals surface area contributed by atoms with E-state index in [0.29, 0.717) is 5.91 Å². The van der Waals surface area contributed by atoms with Gasteiger partial charge < -0.3 is 9.64 Å². The Hall–Kier alpha value is -1.77. The second kappa shape index (κ2) is 6.33. The van der Waals surface area contributed by atoms with Crippen LogP contribution in [0.2, 0.25) is 0 Å². The summed E-state index contributed by atoms with van der Waals surface area (Å²) >= 11 is 0. The second-order valence-electron chi connectivity index (χ2n) is 5.94. The molecule has 1 aromatic rings. The Morgan fingerprint density at radius 2 is 2.00 bits per heavy atom. The number of hydrogen-bond acceptors (Lipinski definition) is 2. The van der Waals surface area contributed by atoms with E-state index in [2.05, 4.69) is 29.2 Å². The molecule has 1 aromatic carbocycles. The average Bonchev–Trinajstić information content (AvgIpc) is 3.04. The van der Waals surface area contributed by atoms with E-state index in [0.717, 1.165) is 44.4 Å². The van der Waals surface area contributed by atoms with Crippen LogP contribution >= 0.6 is 0 Å². The average molecular weight is 285 g/mol. The fourth-order valence-corrected chi connectivity index (χ4v) is 3.46. The molecule has 2 atom stereocenters. The van der Waals surface area contributed by atoms with Gasteiger partial charge >= 0.3 is 0 Å². The molecule has 0 radical (unpaired) electrons. The van der Waals surface area contributed by atoms with Gasteiger partial charge in [-0.25, -0.2) is 0 Å². The van der Waals surface area contributed by atoms with Crippen molar-refractivity contribution in [3.05, 3.63) is 42.0 Å². The van der Waals surface area contributed by atoms with E-state index in [1.54, 1.807) is 7.11 Å². The molecule has 21 heavy (non-hydrogen) atoms. The number of likely N-dealkylation sites (tertiary alicyclic amines) is 1. The third kappa shape index (κ3) is 2.97. The minimum Gasteiger partial charge on any atom is -0.497 e. The number of rotatable bonds is 3. The smallest absolute Gasteiger partial charge is 0.226 e. The topological polar surface area (TPSA) is 29.5 Å². The summed E-state index contributed by atoms with van der Waals surface area (Å²) < 4.78 is 5.21. The standard InChI is InChI=1S/C18H23NO2/c1-21-16-11-9-14(10-12-16)17-8-5-13-19(17)18(20)15-6-3-2-4-7-15/h2-3,9-12,15,17H,4-8,13H2,1H3. The molecule has 0 saturated carbocycles. The molecule has 0 spiro atoms. The number of hydrogen-bond donors (Lipinski definition) is 0. The minimum absolute atomic E-state index is 0.189. The van der Waals surface area contributed by atoms with Crippen molar-refractivity contribution in [1.82, 2.24) is 4.90 Å². The van der Waals surface area contributed by atoms with Crippen LogP contribution in [0.1, 0.15) is 43.7 Å². The van der Waals surface area contributed by atoms with Crippen molar-refractivity contribution in [2.75, 3.05) is 13.7 Å². The van der Waals surface area contributed by atoms with Gasteiger partial charge in [0.2, 0.25) is 5.91 Å². The summed E-state index contributed by atoms with van der Waals surface area (Å²) in [5.41, 5.74) is 1.23. The molecular weight excluding hydrogens is 262 g/mol. The molecular formula is C18H23NO2. The number of carbonyl (C=O) groups is 1. The van der Waals surface area contributed by atoms with E-state index in [9.17, 15) is 4.79 Å². The lowest BCUT2D eigenvalue weighted by molar-refractivity contribution is -0.136. The highest BCUT2D eigenvalue weighted by atomic mass is 16.5. The Bertz CT molecular complexity index is 521. The third-order valence-corrected chi connectivity index (χ3v) is 4.65. The van der Waals surface area contributed by atoms with Gasteiger partial charge in [0, 0.05) is 12.5 Å². The van der Waals surface area contributed by atoms with Gasteiger partial charge in [0.25, 0.3) is 0 Å². The molecule has 1 heterocycles. The van der Waals surface area contributed by atoms with Crippen LogP contribution in [-0.4, -0.2) is 24.5 Å². The zero-order chi connectivity index (χ0) is 14.7. The highest BCUT2D eigenvalue weighted by Gasteiger charge is 2.33. The predicted octanol–water partition coefficient (Wildman–Crippen LogP) is 3.72. The maximum atomic E-state index is 12.8. The monoisotopic (exact) mass is 285 g/mol. The van der Waals surface area contributed by atoms with Gasteiger partial charge in [-0.2, -0.15) is 0 Å². The first-order valence-corrected chi connectivity index (χ1v) is 7.89. The van der Waals surface area contributed by atoms with Gasteiger partial charge in [0.05, 0.1) is 13.2 Å². The summed E-state index contributed by atoms with van der Waals surface area (Å²) in [4.78, 5) is 14.9. The lowest BCUT2D eigenvalue weighted by Crippen LogP contribution is -2.36. The summed E-state index contributed by atoms with van der Waals surface area (Å²) in [5.74, 6) is 1.40. The Balaban J connectivity index is 1.74. The Morgan fingerprint density at radius 3 is 2.67 bits per heavy atom. The fraction of sp³-hybridized carbons (Fsp3) is 0.500. The van der Waals surface area contributed by atoms with Gasteiger partial charge in [-0.05, 0) is 49.8 Å². The number of methoxy groups -OCH3 is 1. The third-order valence-electron chi connectivity index (χ3n) is 4.65. The fourth-order valence-electron chi connectivity index (χ4n) is 3.46. The van der Waals surface area contributed by atoms with Crippen molar-refractivity contribution in [2.45, 2.75) is 38.1 Å². The van der Waals surface area contributed by atoms with Gasteiger partial charge in [0.1, 0.15) is 5.75 Å². The lowest BCUT2D eigenvalue weighted by Gasteiger charge is -2.29. The van der Waals surface area contributed by atoms with Gasteiger partial charge in [-0.15, -0.1) is 0 Å². The van der Waals surface area contributed by atoms with E-state index < -0.39 is 0 Å². The molecule has 1 fully saturated rings. The highest BCUT2D eigenvalue weighted by Crippen LogP contribution is 2.35. The van der Waals surface area contributed by atoms with Crippen LogP contribution < -0.4 is 4.74 Å². The molecule has 0 aromatic heterocycles. The normalized spacial score (nSPS) is 25.1. The van der Waals surface area contributed by atoms with Crippen LogP contribution in [0.15, 0.2) is 36.4 Å². The largest absolute Gasteiger partial charge is 0.497 e. The Kier molecular flexibility index (Phi) is 4.28. The number of nitrogens with zero attached hydrogens (tertiary/aromatic N) is 1. The molecule has 1 saturated heterocycles. The first-order chi connectivity index (χ1) is 10.3. The molecule has 1 aliphatic carbocycles. The zero-order valence-corrected chi connectivity index (χ0v) is 12.6. The molecule has 3 nitrogen and oxygen atoms in total. The number of carbonyl (C=O) groups excluding carboxylic acids is 1. The second-order valence-corrected chi connectivity index (χ2v) is 5.94. The van der Waals surface area contributed by atoms with Crippen molar-refractivity contribution in [1.29, 1.82) is 0 Å². The van der Waals surface area contributed by atoms with Gasteiger partial charge in [-0.3, -0.25) is 4.79 Å². The Morgan fingerprint density at radius 1 is 1.19 bits per heavy atom. The van der Waals surface area contributed by atoms with Crippen molar-refractivity contribution >= 4 is 5.91 Å². The van der Waals surface area contributed by atoms with Crippen LogP contribution in [-0.2, 0) is 4.79 Å². The molecule has 2 aliphatic rings. The molecule has 112 valence electrons. The maximum absolute atomic E-state index is 12.8. The van der Waals surface area contributed by atoms with Crippen LogP contribution in [0.4, 0.5) is 0 Å². The predicted molar refractivity (Wildman–Crippen MR) is 83.2 cm³/mol. The molecule has 1 aliphatic heterocycles. The first-order valence-electron chi connectivity index (χ1n) is 7.89. The summed E-state index contributed by atoms with van der Waals surface area (Å²) in [7, 11) is 1.68. The number of allylic oxidation sites excluding steroid dienone is 2. The first kappa shape index (κ1) is 14.2. The molecule has 3 heteroatoms. The minimum atomic E-state index is 0.189. The number of ether oxygens (including phenoxy) is 1. The molecule has 2 unspecified atom stereocenters. The van der Waals surface area contributed by atoms with Crippen molar-refractivity contribution in [3.63, 3.8) is 0 Å². The quantitative estimate of drug-likeness (QED) is 0.792. The van der Waals surface area contributed by atoms with Gasteiger partial charge in [-0.1, -0.05) is 24.3 Å². The van der Waals surface area contributed by atoms with E-state index in [1.165, 1.54) is 5.56 Å². The van der Waals surface area contributed by atoms with Crippen LogP contribution in [0.3, 0.4) is 0 Å². The van der Waals surface area contributed by atoms with Gasteiger partial charge in [0.15, 0.2) is 0 Å². The number of benzene rings is 1. The summed E-state index contributed by atoms with van der Waals surface area (Å²) in [6.07, 6.45) is 9.47. The van der Waals surface area contributed by atoms with Crippen molar-refractivity contribution in [2.24, 2.45) is 5.92 Å². The summed E-state index contributed by atoms with van der Waals surface area (Å²) in [6, 6.07) is 8.40. The number of amides is 1. The zero-order valence-electron chi connectivity index (χ0n) is 12.6. The summed E-state index contributed by atoms with van der Waals surface area (Å²) in [6.45, 7) is 0.899. The SMILES string of the molecule is COc1ccc(C2CCCN2C(=O)C2CC=CCC2)cc1. The van der Waals surface area contributed by atoms with E-state index in [4.69, 9.17) is 4.74 Å². The molecule has 3 rings (SSSR count). The van der Waals surface area contributed by atoms with E-state index in [-0.39, 0.29) is 12.0 Å². The molecule has 1 amide bonds. The van der Waals surface area contributed by atoms with Crippen LogP contribution in [0.25, 0.3) is 0 Å². The Labute approximate surface area is 126 Å². The lowest BCUT2D eigenvalue weighted by atomic mass is 9.92. The van der Waals surface area contributed by atoms with Crippen LogP contribution in [0, 0.1) is 5.92 Å². The highest BCUT2D eigenvalue weighted by molar-refractivity contribution is 5.80. The maximum Gasteiger partial charge on any atom is 0.226 e. The van der Waals surface area contributed by atoms with Crippen LogP contribution in [0.5, 0.6) is 5.75 Å². The summed E-state index contributed by atoms with van der Waals surface area (Å²) in [5, 5.41) is 0.